The van der Waals surface area contributed by atoms with Crippen molar-refractivity contribution >= 4 is 36.0 Å². The number of hydrogen-bond donors (Lipinski definition) is 2. The molecule has 162 valence electrons. The van der Waals surface area contributed by atoms with E-state index in [0.29, 0.717) is 38.0 Å². The van der Waals surface area contributed by atoms with Crippen LogP contribution in [0.4, 0.5) is 4.79 Å². The van der Waals surface area contributed by atoms with Crippen LogP contribution in [0.25, 0.3) is 0 Å². The van der Waals surface area contributed by atoms with E-state index >= 15 is 0 Å². The molecule has 0 aliphatic rings. The first-order valence-electron chi connectivity index (χ1n) is 9.59. The van der Waals surface area contributed by atoms with Gasteiger partial charge in [-0.2, -0.15) is 0 Å². The molecule has 0 spiro atoms. The number of aryl methyl sites for hydroxylation is 2. The van der Waals surface area contributed by atoms with Crippen LogP contribution in [0.1, 0.15) is 58.4 Å². The first-order chi connectivity index (χ1) is 12.7. The third kappa shape index (κ3) is 10.1. The van der Waals surface area contributed by atoms with E-state index in [4.69, 9.17) is 9.15 Å². The molecule has 1 aromatic heterocycles. The Balaban J connectivity index is 0.00000729. The predicted octanol–water partition coefficient (Wildman–Crippen LogP) is 3.61. The predicted molar refractivity (Wildman–Crippen MR) is 122 cm³/mol. The summed E-state index contributed by atoms with van der Waals surface area (Å²) in [7, 11) is 0. The van der Waals surface area contributed by atoms with E-state index in [2.05, 4.69) is 20.6 Å². The number of rotatable bonds is 8. The third-order valence-corrected chi connectivity index (χ3v) is 3.61. The van der Waals surface area contributed by atoms with Gasteiger partial charge < -0.3 is 24.7 Å². The fourth-order valence-electron chi connectivity index (χ4n) is 2.30. The van der Waals surface area contributed by atoms with Crippen LogP contribution < -0.4 is 10.6 Å². The van der Waals surface area contributed by atoms with Crippen LogP contribution in [0.3, 0.4) is 0 Å². The number of guanidine groups is 1. The second kappa shape index (κ2) is 12.8. The van der Waals surface area contributed by atoms with Gasteiger partial charge in [-0.05, 0) is 48.0 Å². The Morgan fingerprint density at radius 3 is 2.39 bits per heavy atom. The molecule has 0 bridgehead atoms. The Hall–Kier alpha value is -1.52. The molecule has 0 aromatic carbocycles. The van der Waals surface area contributed by atoms with E-state index in [1.165, 1.54) is 0 Å². The highest BCUT2D eigenvalue weighted by atomic mass is 127. The quantitative estimate of drug-likeness (QED) is 0.316. The smallest absolute Gasteiger partial charge is 0.410 e. The molecule has 1 heterocycles. The minimum atomic E-state index is -0.501. The zero-order valence-electron chi connectivity index (χ0n) is 18.2. The van der Waals surface area contributed by atoms with Crippen LogP contribution in [-0.4, -0.2) is 53.7 Å². The molecule has 2 N–H and O–H groups in total. The lowest BCUT2D eigenvalue weighted by Gasteiger charge is -2.27. The Labute approximate surface area is 185 Å². The lowest BCUT2D eigenvalue weighted by atomic mass is 10.2. The Bertz CT molecular complexity index is 606. The van der Waals surface area contributed by atoms with Crippen molar-refractivity contribution in [1.82, 2.24) is 20.5 Å². The lowest BCUT2D eigenvalue weighted by Crippen LogP contribution is -2.44. The van der Waals surface area contributed by atoms with E-state index in [9.17, 15) is 4.79 Å². The zero-order chi connectivity index (χ0) is 20.4. The highest BCUT2D eigenvalue weighted by Gasteiger charge is 2.21. The van der Waals surface area contributed by atoms with Crippen LogP contribution in [0.5, 0.6) is 0 Å². The molecule has 0 unspecified atom stereocenters. The molecule has 28 heavy (non-hydrogen) atoms. The summed E-state index contributed by atoms with van der Waals surface area (Å²) >= 11 is 0. The van der Waals surface area contributed by atoms with Gasteiger partial charge in [-0.15, -0.1) is 24.0 Å². The molecule has 0 saturated heterocycles. The Kier molecular flexibility index (Phi) is 12.1. The molecule has 0 atom stereocenters. The SMILES string of the molecule is CCCN(CCNC(=NCc1nc(C)c(C)o1)NCC)C(=O)OC(C)(C)C.I. The maximum atomic E-state index is 12.3. The number of carbonyl (C=O) groups is 1. The summed E-state index contributed by atoms with van der Waals surface area (Å²) < 4.78 is 11.0. The number of hydrogen-bond acceptors (Lipinski definition) is 5. The summed E-state index contributed by atoms with van der Waals surface area (Å²) in [5.41, 5.74) is 0.380. The standard InChI is InChI=1S/C19H35N5O3.HI/c1-8-11-24(18(25)27-19(5,6)7)12-10-21-17(20-9-2)22-13-16-23-14(3)15(4)26-16;/h8-13H2,1-7H3,(H2,20,21,22);1H. The van der Waals surface area contributed by atoms with Gasteiger partial charge in [0.1, 0.15) is 17.9 Å². The minimum absolute atomic E-state index is 0. The number of amides is 1. The second-order valence-electron chi connectivity index (χ2n) is 7.34. The first kappa shape index (κ1) is 26.5. The van der Waals surface area contributed by atoms with Gasteiger partial charge in [0, 0.05) is 26.2 Å². The van der Waals surface area contributed by atoms with Crippen molar-refractivity contribution in [3.05, 3.63) is 17.3 Å². The molecule has 9 heteroatoms. The van der Waals surface area contributed by atoms with Gasteiger partial charge in [-0.3, -0.25) is 0 Å². The van der Waals surface area contributed by atoms with Crippen LogP contribution in [0, 0.1) is 13.8 Å². The van der Waals surface area contributed by atoms with Gasteiger partial charge in [0.05, 0.1) is 5.69 Å². The number of nitrogens with one attached hydrogen (secondary N) is 2. The van der Waals surface area contributed by atoms with Crippen molar-refractivity contribution in [3.8, 4) is 0 Å². The number of ether oxygens (including phenoxy) is 1. The van der Waals surface area contributed by atoms with Crippen molar-refractivity contribution in [3.63, 3.8) is 0 Å². The summed E-state index contributed by atoms with van der Waals surface area (Å²) in [5, 5.41) is 6.42. The molecule has 1 rings (SSSR count). The Morgan fingerprint density at radius 2 is 1.89 bits per heavy atom. The molecule has 0 fully saturated rings. The largest absolute Gasteiger partial charge is 0.444 e. The molecular formula is C19H36IN5O3. The molecule has 0 radical (unpaired) electrons. The van der Waals surface area contributed by atoms with Crippen molar-refractivity contribution in [2.24, 2.45) is 4.99 Å². The number of oxazole rings is 1. The lowest BCUT2D eigenvalue weighted by molar-refractivity contribution is 0.0253. The Morgan fingerprint density at radius 1 is 1.21 bits per heavy atom. The monoisotopic (exact) mass is 509 g/mol. The summed E-state index contributed by atoms with van der Waals surface area (Å²) in [4.78, 5) is 22.8. The first-order valence-corrected chi connectivity index (χ1v) is 9.59. The van der Waals surface area contributed by atoms with Crippen molar-refractivity contribution in [1.29, 1.82) is 0 Å². The van der Waals surface area contributed by atoms with E-state index in [1.54, 1.807) is 4.90 Å². The fraction of sp³-hybridized carbons (Fsp3) is 0.737. The molecule has 0 aliphatic carbocycles. The number of aliphatic imine (C=N–C) groups is 1. The number of aromatic nitrogens is 1. The summed E-state index contributed by atoms with van der Waals surface area (Å²) in [6.07, 6.45) is 0.579. The van der Waals surface area contributed by atoms with Gasteiger partial charge in [0.2, 0.25) is 5.89 Å². The highest BCUT2D eigenvalue weighted by molar-refractivity contribution is 14.0. The zero-order valence-corrected chi connectivity index (χ0v) is 20.5. The molecule has 0 saturated carbocycles. The van der Waals surface area contributed by atoms with E-state index < -0.39 is 5.60 Å². The number of halogens is 1. The van der Waals surface area contributed by atoms with Gasteiger partial charge in [0.15, 0.2) is 5.96 Å². The second-order valence-corrected chi connectivity index (χ2v) is 7.34. The van der Waals surface area contributed by atoms with Gasteiger partial charge >= 0.3 is 6.09 Å². The molecule has 0 aliphatic heterocycles. The highest BCUT2D eigenvalue weighted by Crippen LogP contribution is 2.10. The molecule has 1 amide bonds. The van der Waals surface area contributed by atoms with E-state index in [0.717, 1.165) is 24.4 Å². The summed E-state index contributed by atoms with van der Waals surface area (Å²) in [5.74, 6) is 2.06. The number of carbonyl (C=O) groups excluding carboxylic acids is 1. The summed E-state index contributed by atoms with van der Waals surface area (Å²) in [6, 6.07) is 0. The van der Waals surface area contributed by atoms with Crippen LogP contribution in [0.15, 0.2) is 9.41 Å². The molecular weight excluding hydrogens is 473 g/mol. The topological polar surface area (TPSA) is 92.0 Å². The summed E-state index contributed by atoms with van der Waals surface area (Å²) in [6.45, 7) is 16.3. The number of nitrogens with zero attached hydrogens (tertiary/aromatic N) is 3. The van der Waals surface area contributed by atoms with E-state index in [-0.39, 0.29) is 30.1 Å². The average Bonchev–Trinajstić information content (AvgIpc) is 2.88. The van der Waals surface area contributed by atoms with Crippen molar-refractivity contribution < 1.29 is 13.9 Å². The van der Waals surface area contributed by atoms with E-state index in [1.807, 2.05) is 48.5 Å². The van der Waals surface area contributed by atoms with Crippen molar-refractivity contribution in [2.45, 2.75) is 67.0 Å². The minimum Gasteiger partial charge on any atom is -0.444 e. The van der Waals surface area contributed by atoms with Gasteiger partial charge in [-0.1, -0.05) is 6.92 Å². The normalized spacial score (nSPS) is 11.6. The van der Waals surface area contributed by atoms with Crippen LogP contribution in [-0.2, 0) is 11.3 Å². The van der Waals surface area contributed by atoms with Gasteiger partial charge in [0.25, 0.3) is 0 Å². The maximum Gasteiger partial charge on any atom is 0.410 e. The maximum absolute atomic E-state index is 12.3. The van der Waals surface area contributed by atoms with Crippen molar-refractivity contribution in [2.75, 3.05) is 26.2 Å². The third-order valence-electron chi connectivity index (χ3n) is 3.61. The van der Waals surface area contributed by atoms with Crippen LogP contribution >= 0.6 is 24.0 Å². The average molecular weight is 509 g/mol. The molecule has 8 nitrogen and oxygen atoms in total. The fourth-order valence-corrected chi connectivity index (χ4v) is 2.30. The van der Waals surface area contributed by atoms with Gasteiger partial charge in [-0.25, -0.2) is 14.8 Å². The van der Waals surface area contributed by atoms with Crippen LogP contribution in [0.2, 0.25) is 0 Å². The molecule has 1 aromatic rings.